The molecule has 6 heteroatoms. The number of nitrogens with zero attached hydrogens (tertiary/aromatic N) is 3. The summed E-state index contributed by atoms with van der Waals surface area (Å²) in [6.45, 7) is 8.15. The summed E-state index contributed by atoms with van der Waals surface area (Å²) in [5, 5.41) is 4.35. The molecule has 1 N–H and O–H groups in total. The fourth-order valence-electron chi connectivity index (χ4n) is 5.13. The molecule has 0 saturated carbocycles. The summed E-state index contributed by atoms with van der Waals surface area (Å²) in [7, 11) is 0. The van der Waals surface area contributed by atoms with Gasteiger partial charge >= 0.3 is 0 Å². The van der Waals surface area contributed by atoms with Crippen LogP contribution in [0, 0.1) is 20.8 Å². The van der Waals surface area contributed by atoms with Crippen LogP contribution in [0.3, 0.4) is 0 Å². The Morgan fingerprint density at radius 2 is 1.94 bits per heavy atom. The van der Waals surface area contributed by atoms with Gasteiger partial charge in [-0.3, -0.25) is 4.98 Å². The van der Waals surface area contributed by atoms with Gasteiger partial charge in [0.25, 0.3) is 0 Å². The van der Waals surface area contributed by atoms with Gasteiger partial charge in [-0.1, -0.05) is 23.8 Å². The Labute approximate surface area is 195 Å². The van der Waals surface area contributed by atoms with Crippen LogP contribution in [0.1, 0.15) is 53.1 Å². The summed E-state index contributed by atoms with van der Waals surface area (Å²) in [6.07, 6.45) is 4.28. The smallest absolute Gasteiger partial charge is 0.170 e. The molecule has 0 aliphatic carbocycles. The number of thiocarbonyl (C=S) groups is 1. The van der Waals surface area contributed by atoms with E-state index in [1.807, 2.05) is 18.3 Å². The maximum atomic E-state index is 5.98. The maximum absolute atomic E-state index is 5.98. The molecule has 4 heterocycles. The van der Waals surface area contributed by atoms with E-state index in [1.54, 1.807) is 0 Å². The number of rotatable bonds is 5. The van der Waals surface area contributed by atoms with Gasteiger partial charge in [0.2, 0.25) is 0 Å². The van der Waals surface area contributed by atoms with Gasteiger partial charge in [-0.15, -0.1) is 0 Å². The lowest BCUT2D eigenvalue weighted by atomic mass is 9.96. The number of ether oxygens (including phenoxy) is 1. The van der Waals surface area contributed by atoms with Gasteiger partial charge in [0.05, 0.1) is 23.9 Å². The zero-order valence-corrected chi connectivity index (χ0v) is 19.7. The highest BCUT2D eigenvalue weighted by Gasteiger charge is 2.42. The predicted octanol–water partition coefficient (Wildman–Crippen LogP) is 4.95. The Hall–Kier alpha value is -2.70. The highest BCUT2D eigenvalue weighted by atomic mass is 32.1. The summed E-state index contributed by atoms with van der Waals surface area (Å²) < 4.78 is 8.32. The van der Waals surface area contributed by atoms with E-state index < -0.39 is 0 Å². The van der Waals surface area contributed by atoms with Gasteiger partial charge in [0, 0.05) is 36.4 Å². The van der Waals surface area contributed by atoms with E-state index in [1.165, 1.54) is 28.2 Å². The lowest BCUT2D eigenvalue weighted by Crippen LogP contribution is -2.36. The number of hydrogen-bond acceptors (Lipinski definition) is 3. The third-order valence-electron chi connectivity index (χ3n) is 6.70. The van der Waals surface area contributed by atoms with Crippen LogP contribution < -0.4 is 5.32 Å². The zero-order valence-electron chi connectivity index (χ0n) is 18.9. The van der Waals surface area contributed by atoms with Crippen molar-refractivity contribution in [3.05, 3.63) is 82.9 Å². The number of nitrogens with one attached hydrogen (secondary N) is 1. The number of hydrogen-bond donors (Lipinski definition) is 1. The monoisotopic (exact) mass is 446 g/mol. The summed E-state index contributed by atoms with van der Waals surface area (Å²) in [4.78, 5) is 7.00. The van der Waals surface area contributed by atoms with Gasteiger partial charge in [-0.25, -0.2) is 0 Å². The lowest BCUT2D eigenvalue weighted by Gasteiger charge is -2.30. The fourth-order valence-corrected chi connectivity index (χ4v) is 5.44. The first-order valence-electron chi connectivity index (χ1n) is 11.4. The van der Waals surface area contributed by atoms with Crippen LogP contribution in [-0.2, 0) is 4.74 Å². The van der Waals surface area contributed by atoms with E-state index >= 15 is 0 Å². The number of pyridine rings is 1. The van der Waals surface area contributed by atoms with Gasteiger partial charge in [0.1, 0.15) is 0 Å². The van der Waals surface area contributed by atoms with E-state index in [0.29, 0.717) is 0 Å². The molecule has 5 nitrogen and oxygen atoms in total. The van der Waals surface area contributed by atoms with E-state index in [4.69, 9.17) is 17.0 Å². The molecular formula is C26H30N4OS. The van der Waals surface area contributed by atoms with Crippen molar-refractivity contribution in [3.8, 4) is 5.69 Å². The average Bonchev–Trinajstić information content (AvgIpc) is 3.49. The van der Waals surface area contributed by atoms with Crippen molar-refractivity contribution in [2.45, 2.75) is 51.8 Å². The van der Waals surface area contributed by atoms with Gasteiger partial charge in [0.15, 0.2) is 5.11 Å². The molecule has 0 spiro atoms. The predicted molar refractivity (Wildman–Crippen MR) is 131 cm³/mol. The van der Waals surface area contributed by atoms with Crippen molar-refractivity contribution in [3.63, 3.8) is 0 Å². The molecular weight excluding hydrogens is 416 g/mol. The molecule has 0 unspecified atom stereocenters. The maximum Gasteiger partial charge on any atom is 0.170 e. The minimum atomic E-state index is -0.00271. The average molecular weight is 447 g/mol. The van der Waals surface area contributed by atoms with Crippen molar-refractivity contribution in [1.82, 2.24) is 19.8 Å². The van der Waals surface area contributed by atoms with E-state index in [2.05, 4.69) is 76.9 Å². The molecule has 2 aliphatic heterocycles. The number of benzene rings is 1. The third kappa shape index (κ3) is 3.82. The second kappa shape index (κ2) is 8.68. The van der Waals surface area contributed by atoms with Gasteiger partial charge in [-0.05, 0) is 81.7 Å². The molecule has 32 heavy (non-hydrogen) atoms. The molecule has 3 atom stereocenters. The van der Waals surface area contributed by atoms with Crippen molar-refractivity contribution >= 4 is 17.3 Å². The molecule has 2 saturated heterocycles. The van der Waals surface area contributed by atoms with Crippen LogP contribution in [0.2, 0.25) is 0 Å². The standard InChI is InChI=1S/C26H30N4OS/c1-17-9-11-20(12-10-17)30-18(2)15-22(19(30)3)25-24(23-8-4-5-13-27-23)28-26(32)29(25)16-21-7-6-14-31-21/h4-5,8-13,15,21,24-25H,6-7,14,16H2,1-3H3,(H,28,32)/t21-,24-,25-/m1/s1. The minimum Gasteiger partial charge on any atom is -0.376 e. The lowest BCUT2D eigenvalue weighted by molar-refractivity contribution is 0.0842. The molecule has 0 radical (unpaired) electrons. The van der Waals surface area contributed by atoms with Crippen LogP contribution in [-0.4, -0.2) is 38.8 Å². The van der Waals surface area contributed by atoms with Crippen LogP contribution in [0.15, 0.2) is 54.7 Å². The molecule has 5 rings (SSSR count). The van der Waals surface area contributed by atoms with Crippen LogP contribution in [0.4, 0.5) is 0 Å². The zero-order chi connectivity index (χ0) is 22.2. The Kier molecular flexibility index (Phi) is 5.74. The third-order valence-corrected chi connectivity index (χ3v) is 7.06. The summed E-state index contributed by atoms with van der Waals surface area (Å²) >= 11 is 5.84. The van der Waals surface area contributed by atoms with Crippen LogP contribution >= 0.6 is 12.2 Å². The highest BCUT2D eigenvalue weighted by Crippen LogP contribution is 2.41. The second-order valence-corrected chi connectivity index (χ2v) is 9.30. The van der Waals surface area contributed by atoms with Gasteiger partial charge < -0.3 is 19.5 Å². The molecule has 2 fully saturated rings. The molecule has 2 aromatic heterocycles. The van der Waals surface area contributed by atoms with Crippen LogP contribution in [0.25, 0.3) is 5.69 Å². The quantitative estimate of drug-likeness (QED) is 0.562. The molecule has 1 aromatic carbocycles. The van der Waals surface area contributed by atoms with Crippen LogP contribution in [0.5, 0.6) is 0 Å². The Bertz CT molecular complexity index is 1100. The molecule has 3 aromatic rings. The fraction of sp³-hybridized carbons (Fsp3) is 0.385. The molecule has 2 aliphatic rings. The summed E-state index contributed by atoms with van der Waals surface area (Å²) in [5.41, 5.74) is 7.20. The largest absolute Gasteiger partial charge is 0.376 e. The topological polar surface area (TPSA) is 42.3 Å². The molecule has 0 bridgehead atoms. The molecule has 0 amide bonds. The first-order chi connectivity index (χ1) is 15.5. The Balaban J connectivity index is 1.58. The SMILES string of the molecule is Cc1ccc(-n2c(C)cc([C@@H]3[C@@H](c4ccccn4)NC(=S)N3C[C@H]3CCCO3)c2C)cc1. The first kappa shape index (κ1) is 21.2. The minimum absolute atomic E-state index is 0.00271. The van der Waals surface area contributed by atoms with E-state index in [0.717, 1.165) is 36.8 Å². The Morgan fingerprint density at radius 3 is 2.62 bits per heavy atom. The normalized spacial score (nSPS) is 23.0. The van der Waals surface area contributed by atoms with Crippen molar-refractivity contribution in [2.75, 3.05) is 13.2 Å². The van der Waals surface area contributed by atoms with E-state index in [9.17, 15) is 0 Å². The van der Waals surface area contributed by atoms with Crippen molar-refractivity contribution in [2.24, 2.45) is 0 Å². The van der Waals surface area contributed by atoms with Crippen molar-refractivity contribution < 1.29 is 4.74 Å². The summed E-state index contributed by atoms with van der Waals surface area (Å²) in [5.74, 6) is 0. The highest BCUT2D eigenvalue weighted by molar-refractivity contribution is 7.80. The Morgan fingerprint density at radius 1 is 1.12 bits per heavy atom. The molecule has 166 valence electrons. The van der Waals surface area contributed by atoms with E-state index in [-0.39, 0.29) is 18.2 Å². The number of aryl methyl sites for hydroxylation is 2. The van der Waals surface area contributed by atoms with Crippen molar-refractivity contribution in [1.29, 1.82) is 0 Å². The van der Waals surface area contributed by atoms with Gasteiger partial charge in [-0.2, -0.15) is 0 Å². The number of aromatic nitrogens is 2. The second-order valence-electron chi connectivity index (χ2n) is 8.91. The summed E-state index contributed by atoms with van der Waals surface area (Å²) in [6, 6.07) is 17.2. The first-order valence-corrected chi connectivity index (χ1v) is 11.8.